The van der Waals surface area contributed by atoms with E-state index in [-0.39, 0.29) is 11.3 Å². The molecule has 2 aliphatic rings. The topological polar surface area (TPSA) is 41.6 Å². The molecule has 1 unspecified atom stereocenters. The number of anilines is 1. The Labute approximate surface area is 168 Å². The maximum atomic E-state index is 12.4. The van der Waals surface area contributed by atoms with Gasteiger partial charge in [-0.3, -0.25) is 4.79 Å². The van der Waals surface area contributed by atoms with E-state index in [0.29, 0.717) is 6.54 Å². The van der Waals surface area contributed by atoms with E-state index in [9.17, 15) is 4.79 Å². The largest absolute Gasteiger partial charge is 0.496 e. The molecule has 4 nitrogen and oxygen atoms in total. The predicted molar refractivity (Wildman–Crippen MR) is 112 cm³/mol. The van der Waals surface area contributed by atoms with Crippen LogP contribution in [0.2, 0.25) is 0 Å². The Kier molecular flexibility index (Phi) is 4.11. The van der Waals surface area contributed by atoms with E-state index in [2.05, 4.69) is 71.2 Å². The van der Waals surface area contributed by atoms with Gasteiger partial charge in [-0.25, -0.2) is 0 Å². The molecule has 1 amide bonds. The zero-order chi connectivity index (χ0) is 19.4. The molecule has 2 aromatic carbocycles. The molecule has 0 saturated carbocycles. The molecule has 1 atom stereocenters. The summed E-state index contributed by atoms with van der Waals surface area (Å²) in [6.45, 7) is 6.85. The van der Waals surface area contributed by atoms with Gasteiger partial charge in [0.1, 0.15) is 11.4 Å². The summed E-state index contributed by atoms with van der Waals surface area (Å²) in [6.07, 6.45) is 4.15. The van der Waals surface area contributed by atoms with Gasteiger partial charge in [0.05, 0.1) is 13.7 Å². The van der Waals surface area contributed by atoms with E-state index in [0.717, 1.165) is 21.5 Å². The highest BCUT2D eigenvalue weighted by Gasteiger charge is 2.59. The second-order valence-electron chi connectivity index (χ2n) is 7.77. The molecule has 140 valence electrons. The van der Waals surface area contributed by atoms with Crippen molar-refractivity contribution >= 4 is 33.6 Å². The molecule has 2 aromatic rings. The third kappa shape index (κ3) is 2.59. The normalized spacial score (nSPS) is 22.7. The van der Waals surface area contributed by atoms with Gasteiger partial charge in [-0.1, -0.05) is 53.5 Å². The molecular weight excluding hydrogens is 404 g/mol. The van der Waals surface area contributed by atoms with Crippen molar-refractivity contribution in [3.63, 3.8) is 0 Å². The molecule has 1 saturated heterocycles. The second kappa shape index (κ2) is 6.13. The van der Waals surface area contributed by atoms with Gasteiger partial charge in [0.15, 0.2) is 0 Å². The lowest BCUT2D eigenvalue weighted by atomic mass is 9.75. The van der Waals surface area contributed by atoms with Crippen molar-refractivity contribution < 1.29 is 9.53 Å². The highest BCUT2D eigenvalue weighted by Crippen LogP contribution is 2.53. The SMILES string of the molecule is COc1ccc(Br)cc1C=CC12NC(=O)CN1c1ccc(C)cc1C2(C)C. The van der Waals surface area contributed by atoms with Crippen LogP contribution in [-0.2, 0) is 10.2 Å². The van der Waals surface area contributed by atoms with E-state index in [1.807, 2.05) is 24.3 Å². The zero-order valence-corrected chi connectivity index (χ0v) is 17.6. The van der Waals surface area contributed by atoms with E-state index in [1.165, 1.54) is 11.1 Å². The van der Waals surface area contributed by atoms with E-state index in [4.69, 9.17) is 4.74 Å². The van der Waals surface area contributed by atoms with Gasteiger partial charge >= 0.3 is 0 Å². The average Bonchev–Trinajstić information content (AvgIpc) is 3.04. The first-order valence-corrected chi connectivity index (χ1v) is 9.80. The molecular formula is C22H23BrN2O2. The lowest BCUT2D eigenvalue weighted by Gasteiger charge is -2.40. The fourth-order valence-electron chi connectivity index (χ4n) is 4.33. The van der Waals surface area contributed by atoms with Crippen molar-refractivity contribution in [2.75, 3.05) is 18.6 Å². The van der Waals surface area contributed by atoms with Crippen molar-refractivity contribution in [2.45, 2.75) is 31.8 Å². The van der Waals surface area contributed by atoms with Crippen LogP contribution >= 0.6 is 15.9 Å². The number of nitrogens with one attached hydrogen (secondary N) is 1. The number of benzene rings is 2. The minimum atomic E-state index is -0.604. The second-order valence-corrected chi connectivity index (χ2v) is 8.68. The number of hydrogen-bond acceptors (Lipinski definition) is 3. The number of halogens is 1. The van der Waals surface area contributed by atoms with Gasteiger partial charge < -0.3 is 15.0 Å². The predicted octanol–water partition coefficient (Wildman–Crippen LogP) is 4.40. The monoisotopic (exact) mass is 426 g/mol. The van der Waals surface area contributed by atoms with E-state index >= 15 is 0 Å². The third-order valence-electron chi connectivity index (χ3n) is 5.82. The molecule has 1 N–H and O–H groups in total. The number of rotatable bonds is 3. The first-order chi connectivity index (χ1) is 12.8. The Morgan fingerprint density at radius 3 is 2.74 bits per heavy atom. The Morgan fingerprint density at radius 1 is 1.22 bits per heavy atom. The fourth-order valence-corrected chi connectivity index (χ4v) is 4.71. The van der Waals surface area contributed by atoms with E-state index in [1.54, 1.807) is 7.11 Å². The Morgan fingerprint density at radius 2 is 2.00 bits per heavy atom. The molecule has 0 aliphatic carbocycles. The number of carbonyl (C=O) groups is 1. The minimum Gasteiger partial charge on any atom is -0.496 e. The zero-order valence-electron chi connectivity index (χ0n) is 16.0. The van der Waals surface area contributed by atoms with Crippen LogP contribution < -0.4 is 15.0 Å². The fraction of sp³-hybridized carbons (Fsp3) is 0.318. The molecule has 2 aliphatic heterocycles. The summed E-state index contributed by atoms with van der Waals surface area (Å²) in [7, 11) is 1.67. The van der Waals surface area contributed by atoms with Crippen LogP contribution in [0.15, 0.2) is 46.9 Å². The van der Waals surface area contributed by atoms with Crippen LogP contribution in [0.1, 0.15) is 30.5 Å². The summed E-state index contributed by atoms with van der Waals surface area (Å²) >= 11 is 3.53. The van der Waals surface area contributed by atoms with Crippen molar-refractivity contribution in [2.24, 2.45) is 0 Å². The number of ether oxygens (including phenoxy) is 1. The van der Waals surface area contributed by atoms with Crippen LogP contribution in [0.3, 0.4) is 0 Å². The number of hydrogen-bond donors (Lipinski definition) is 1. The van der Waals surface area contributed by atoms with Gasteiger partial charge in [0.2, 0.25) is 5.91 Å². The van der Waals surface area contributed by atoms with Crippen LogP contribution in [0.5, 0.6) is 5.75 Å². The average molecular weight is 427 g/mol. The van der Waals surface area contributed by atoms with E-state index < -0.39 is 5.66 Å². The molecule has 2 heterocycles. The maximum absolute atomic E-state index is 12.4. The summed E-state index contributed by atoms with van der Waals surface area (Å²) in [5, 5.41) is 3.26. The molecule has 0 radical (unpaired) electrons. The lowest BCUT2D eigenvalue weighted by Crippen LogP contribution is -2.58. The Hall–Kier alpha value is -2.27. The molecule has 4 rings (SSSR count). The van der Waals surface area contributed by atoms with Crippen LogP contribution in [0.25, 0.3) is 6.08 Å². The van der Waals surface area contributed by atoms with Crippen molar-refractivity contribution in [1.29, 1.82) is 0 Å². The summed E-state index contributed by atoms with van der Waals surface area (Å²) in [4.78, 5) is 14.6. The number of fused-ring (bicyclic) bond motifs is 3. The smallest absolute Gasteiger partial charge is 0.241 e. The Balaban J connectivity index is 1.85. The van der Waals surface area contributed by atoms with Gasteiger partial charge in [0, 0.05) is 21.1 Å². The minimum absolute atomic E-state index is 0.0418. The van der Waals surface area contributed by atoms with Gasteiger partial charge in [0.25, 0.3) is 0 Å². The number of amides is 1. The van der Waals surface area contributed by atoms with Crippen molar-refractivity contribution in [1.82, 2.24) is 5.32 Å². The quantitative estimate of drug-likeness (QED) is 0.790. The third-order valence-corrected chi connectivity index (χ3v) is 6.32. The van der Waals surface area contributed by atoms with Crippen LogP contribution in [0.4, 0.5) is 5.69 Å². The molecule has 0 spiro atoms. The van der Waals surface area contributed by atoms with Crippen LogP contribution in [-0.4, -0.2) is 25.2 Å². The maximum Gasteiger partial charge on any atom is 0.241 e. The molecule has 1 fully saturated rings. The number of methoxy groups -OCH3 is 1. The first kappa shape index (κ1) is 18.1. The Bertz CT molecular complexity index is 967. The highest BCUT2D eigenvalue weighted by atomic mass is 79.9. The van der Waals surface area contributed by atoms with Gasteiger partial charge in [-0.2, -0.15) is 0 Å². The number of aryl methyl sites for hydroxylation is 1. The van der Waals surface area contributed by atoms with Gasteiger partial charge in [-0.05, 0) is 42.8 Å². The van der Waals surface area contributed by atoms with Crippen molar-refractivity contribution in [3.05, 3.63) is 63.6 Å². The molecule has 0 aromatic heterocycles. The summed E-state index contributed by atoms with van der Waals surface area (Å²) in [6, 6.07) is 12.4. The molecule has 27 heavy (non-hydrogen) atoms. The van der Waals surface area contributed by atoms with Gasteiger partial charge in [-0.15, -0.1) is 0 Å². The summed E-state index contributed by atoms with van der Waals surface area (Å²) < 4.78 is 6.49. The summed E-state index contributed by atoms with van der Waals surface area (Å²) in [5.74, 6) is 0.839. The molecule has 5 heteroatoms. The summed E-state index contributed by atoms with van der Waals surface area (Å²) in [5.41, 5.74) is 3.68. The lowest BCUT2D eigenvalue weighted by molar-refractivity contribution is -0.118. The molecule has 0 bridgehead atoms. The standard InChI is InChI=1S/C22H23BrN2O2/c1-14-5-7-18-17(11-14)21(2,3)22(24-20(26)13-25(18)22)10-9-15-12-16(23)6-8-19(15)27-4/h5-12H,13H2,1-4H3,(H,24,26). The van der Waals surface area contributed by atoms with Crippen LogP contribution in [0, 0.1) is 6.92 Å². The van der Waals surface area contributed by atoms with Crippen molar-refractivity contribution in [3.8, 4) is 5.75 Å². The first-order valence-electron chi connectivity index (χ1n) is 9.01. The number of nitrogens with zero attached hydrogens (tertiary/aromatic N) is 1. The highest BCUT2D eigenvalue weighted by molar-refractivity contribution is 9.10. The number of carbonyl (C=O) groups excluding carboxylic acids is 1.